The third kappa shape index (κ3) is 5.50. The first-order valence-electron chi connectivity index (χ1n) is 8.43. The first-order valence-corrected chi connectivity index (χ1v) is 8.43. The van der Waals surface area contributed by atoms with Gasteiger partial charge in [0, 0.05) is 33.6 Å². The van der Waals surface area contributed by atoms with Crippen molar-refractivity contribution in [2.75, 3.05) is 14.1 Å². The van der Waals surface area contributed by atoms with E-state index in [1.54, 1.807) is 19.2 Å². The zero-order valence-electron chi connectivity index (χ0n) is 15.2. The predicted molar refractivity (Wildman–Crippen MR) is 108 cm³/mol. The van der Waals surface area contributed by atoms with Crippen LogP contribution in [0.2, 0.25) is 0 Å². The van der Waals surface area contributed by atoms with Crippen molar-refractivity contribution in [2.24, 2.45) is 4.99 Å². The van der Waals surface area contributed by atoms with Crippen LogP contribution >= 0.6 is 24.0 Å². The highest BCUT2D eigenvalue weighted by molar-refractivity contribution is 14.0. The first kappa shape index (κ1) is 21.3. The van der Waals surface area contributed by atoms with Gasteiger partial charge in [-0.05, 0) is 24.1 Å². The van der Waals surface area contributed by atoms with Crippen LogP contribution < -0.4 is 10.1 Å². The van der Waals surface area contributed by atoms with Crippen molar-refractivity contribution in [3.05, 3.63) is 41.5 Å². The van der Waals surface area contributed by atoms with Crippen LogP contribution in [0.1, 0.15) is 23.6 Å². The Bertz CT molecular complexity index is 765. The molecule has 1 aromatic carbocycles. The first-order chi connectivity index (χ1) is 12.6. The number of hydrogen-bond donors (Lipinski definition) is 1. The van der Waals surface area contributed by atoms with Crippen LogP contribution in [0.15, 0.2) is 29.3 Å². The van der Waals surface area contributed by atoms with Crippen molar-refractivity contribution in [3.63, 3.8) is 0 Å². The van der Waals surface area contributed by atoms with Crippen molar-refractivity contribution in [3.8, 4) is 5.75 Å². The molecule has 2 aromatic rings. The molecule has 2 heterocycles. The fourth-order valence-corrected chi connectivity index (χ4v) is 3.01. The van der Waals surface area contributed by atoms with Gasteiger partial charge in [-0.1, -0.05) is 12.1 Å². The third-order valence-corrected chi connectivity index (χ3v) is 4.23. The minimum Gasteiger partial charge on any atom is -0.435 e. The van der Waals surface area contributed by atoms with Gasteiger partial charge in [-0.25, -0.2) is 0 Å². The second-order valence-corrected chi connectivity index (χ2v) is 6.07. The summed E-state index contributed by atoms with van der Waals surface area (Å²) in [5.74, 6) is 2.81. The molecule has 1 aromatic heterocycles. The highest BCUT2D eigenvalue weighted by Crippen LogP contribution is 2.16. The normalized spacial score (nSPS) is 13.3. The standard InChI is InChI=1S/C17H22F2N6O.HI/c1-20-17(21-10-15-23-22-14-4-3-9-25(14)15)24(2)11-12-5-7-13(8-6-12)26-16(18)19;/h5-8,16H,3-4,9-11H2,1-2H3,(H,20,21);1H. The Morgan fingerprint density at radius 2 is 2.07 bits per heavy atom. The van der Waals surface area contributed by atoms with Gasteiger partial charge in [0.05, 0.1) is 6.54 Å². The molecule has 0 aliphatic carbocycles. The summed E-state index contributed by atoms with van der Waals surface area (Å²) in [4.78, 5) is 6.23. The van der Waals surface area contributed by atoms with Gasteiger partial charge < -0.3 is 19.5 Å². The molecule has 1 aliphatic rings. The Morgan fingerprint density at radius 3 is 2.74 bits per heavy atom. The quantitative estimate of drug-likeness (QED) is 0.382. The van der Waals surface area contributed by atoms with E-state index in [0.717, 1.165) is 36.6 Å². The smallest absolute Gasteiger partial charge is 0.387 e. The lowest BCUT2D eigenvalue weighted by atomic mass is 10.2. The van der Waals surface area contributed by atoms with Gasteiger partial charge in [-0.3, -0.25) is 4.99 Å². The maximum absolute atomic E-state index is 12.2. The average Bonchev–Trinajstić information content (AvgIpc) is 3.21. The van der Waals surface area contributed by atoms with E-state index in [4.69, 9.17) is 0 Å². The summed E-state index contributed by atoms with van der Waals surface area (Å²) >= 11 is 0. The fourth-order valence-electron chi connectivity index (χ4n) is 3.01. The summed E-state index contributed by atoms with van der Waals surface area (Å²) in [5, 5.41) is 11.7. The van der Waals surface area contributed by atoms with Gasteiger partial charge in [-0.15, -0.1) is 34.2 Å². The number of nitrogens with one attached hydrogen (secondary N) is 1. The number of halogens is 3. The molecular formula is C17H23F2IN6O. The van der Waals surface area contributed by atoms with Crippen LogP contribution in [0, 0.1) is 0 Å². The molecule has 0 saturated carbocycles. The summed E-state index contributed by atoms with van der Waals surface area (Å²) in [7, 11) is 3.62. The van der Waals surface area contributed by atoms with E-state index in [9.17, 15) is 8.78 Å². The number of aromatic nitrogens is 3. The largest absolute Gasteiger partial charge is 0.435 e. The van der Waals surface area contributed by atoms with Crippen LogP contribution in [0.25, 0.3) is 0 Å². The number of benzene rings is 1. The van der Waals surface area contributed by atoms with Gasteiger partial charge in [0.1, 0.15) is 11.6 Å². The number of fused-ring (bicyclic) bond motifs is 1. The number of nitrogens with zero attached hydrogens (tertiary/aromatic N) is 5. The van der Waals surface area contributed by atoms with Gasteiger partial charge in [-0.2, -0.15) is 8.78 Å². The fraction of sp³-hybridized carbons (Fsp3) is 0.471. The molecule has 1 aliphatic heterocycles. The van der Waals surface area contributed by atoms with E-state index in [1.165, 1.54) is 12.1 Å². The SMILES string of the molecule is CN=C(NCc1nnc2n1CCC2)N(C)Cc1ccc(OC(F)F)cc1.I. The summed E-state index contributed by atoms with van der Waals surface area (Å²) < 4.78 is 30.9. The monoisotopic (exact) mass is 492 g/mol. The minimum absolute atomic E-state index is 0. The van der Waals surface area contributed by atoms with Gasteiger partial charge in [0.2, 0.25) is 0 Å². The van der Waals surface area contributed by atoms with E-state index in [2.05, 4.69) is 29.8 Å². The molecule has 3 rings (SSSR count). The summed E-state index contributed by atoms with van der Waals surface area (Å²) in [5.41, 5.74) is 0.959. The molecule has 0 amide bonds. The van der Waals surface area contributed by atoms with E-state index in [0.29, 0.717) is 19.0 Å². The molecule has 7 nitrogen and oxygen atoms in total. The molecule has 0 atom stereocenters. The Balaban J connectivity index is 0.00000261. The van der Waals surface area contributed by atoms with Crippen molar-refractivity contribution in [1.82, 2.24) is 25.0 Å². The Hall–Kier alpha value is -1.98. The minimum atomic E-state index is -2.81. The molecule has 27 heavy (non-hydrogen) atoms. The van der Waals surface area contributed by atoms with Crippen molar-refractivity contribution in [1.29, 1.82) is 0 Å². The molecule has 10 heteroatoms. The highest BCUT2D eigenvalue weighted by Gasteiger charge is 2.17. The number of aryl methyl sites for hydroxylation is 1. The Kier molecular flexibility index (Phi) is 7.75. The van der Waals surface area contributed by atoms with Crippen LogP contribution in [-0.4, -0.2) is 46.3 Å². The maximum atomic E-state index is 12.2. The molecule has 1 N–H and O–H groups in total. The number of ether oxygens (including phenoxy) is 1. The van der Waals surface area contributed by atoms with Gasteiger partial charge in [0.15, 0.2) is 11.8 Å². The van der Waals surface area contributed by atoms with E-state index >= 15 is 0 Å². The van der Waals surface area contributed by atoms with Gasteiger partial charge in [0.25, 0.3) is 0 Å². The molecule has 0 saturated heterocycles. The average molecular weight is 492 g/mol. The highest BCUT2D eigenvalue weighted by atomic mass is 127. The molecule has 0 bridgehead atoms. The molecule has 0 fully saturated rings. The molecule has 0 radical (unpaired) electrons. The van der Waals surface area contributed by atoms with E-state index in [-0.39, 0.29) is 29.7 Å². The van der Waals surface area contributed by atoms with E-state index in [1.807, 2.05) is 11.9 Å². The number of alkyl halides is 2. The zero-order valence-corrected chi connectivity index (χ0v) is 17.6. The topological polar surface area (TPSA) is 67.6 Å². The maximum Gasteiger partial charge on any atom is 0.387 e. The molecule has 0 unspecified atom stereocenters. The lowest BCUT2D eigenvalue weighted by molar-refractivity contribution is -0.0498. The summed E-state index contributed by atoms with van der Waals surface area (Å²) in [6.45, 7) is -0.733. The summed E-state index contributed by atoms with van der Waals surface area (Å²) in [6.07, 6.45) is 2.09. The molecule has 148 valence electrons. The lowest BCUT2D eigenvalue weighted by Crippen LogP contribution is -2.38. The van der Waals surface area contributed by atoms with Crippen molar-refractivity contribution in [2.45, 2.75) is 39.1 Å². The van der Waals surface area contributed by atoms with E-state index < -0.39 is 6.61 Å². The second-order valence-electron chi connectivity index (χ2n) is 6.07. The Labute approximate surface area is 173 Å². The zero-order chi connectivity index (χ0) is 18.5. The number of hydrogen-bond acceptors (Lipinski definition) is 4. The molecule has 0 spiro atoms. The number of guanidine groups is 1. The number of rotatable bonds is 6. The van der Waals surface area contributed by atoms with Crippen LogP contribution in [0.4, 0.5) is 8.78 Å². The van der Waals surface area contributed by atoms with Crippen molar-refractivity contribution >= 4 is 29.9 Å². The van der Waals surface area contributed by atoms with Gasteiger partial charge >= 0.3 is 6.61 Å². The predicted octanol–water partition coefficient (Wildman–Crippen LogP) is 2.65. The van der Waals surface area contributed by atoms with Crippen LogP contribution in [-0.2, 0) is 26.1 Å². The Morgan fingerprint density at radius 1 is 1.33 bits per heavy atom. The van der Waals surface area contributed by atoms with Crippen molar-refractivity contribution < 1.29 is 13.5 Å². The van der Waals surface area contributed by atoms with Crippen LogP contribution in [0.5, 0.6) is 5.75 Å². The summed E-state index contributed by atoms with van der Waals surface area (Å²) in [6, 6.07) is 6.58. The third-order valence-electron chi connectivity index (χ3n) is 4.23. The molecular weight excluding hydrogens is 469 g/mol. The lowest BCUT2D eigenvalue weighted by Gasteiger charge is -2.22. The van der Waals surface area contributed by atoms with Crippen LogP contribution in [0.3, 0.4) is 0 Å². The number of aliphatic imine (C=N–C) groups is 1. The second kappa shape index (κ2) is 9.81.